The van der Waals surface area contributed by atoms with Crippen LogP contribution in [0.3, 0.4) is 0 Å². The van der Waals surface area contributed by atoms with Crippen molar-refractivity contribution in [1.29, 1.82) is 0 Å². The zero-order valence-electron chi connectivity index (χ0n) is 29.2. The van der Waals surface area contributed by atoms with Crippen molar-refractivity contribution >= 4 is 0 Å². The van der Waals surface area contributed by atoms with Crippen LogP contribution < -0.4 is 0 Å². The highest BCUT2D eigenvalue weighted by atomic mass is 16.8. The summed E-state index contributed by atoms with van der Waals surface area (Å²) in [6, 6.07) is 0. The Morgan fingerprint density at radius 3 is 1.14 bits per heavy atom. The number of hydrogen-bond donors (Lipinski definition) is 17. The molecular weight excluding hydrogens is 776 g/mol. The maximum atomic E-state index is 11.2. The van der Waals surface area contributed by atoms with Crippen LogP contribution in [0.2, 0.25) is 0 Å². The molecule has 5 rings (SSSR count). The Labute approximate surface area is 316 Å². The summed E-state index contributed by atoms with van der Waals surface area (Å²) in [5.41, 5.74) is 0. The molecule has 0 bridgehead atoms. The molecule has 328 valence electrons. The Morgan fingerprint density at radius 1 is 0.268 bits per heavy atom. The van der Waals surface area contributed by atoms with Crippen LogP contribution in [0.5, 0.6) is 0 Å². The van der Waals surface area contributed by atoms with Crippen LogP contribution in [0.4, 0.5) is 0 Å². The van der Waals surface area contributed by atoms with Gasteiger partial charge in [0.15, 0.2) is 31.5 Å². The van der Waals surface area contributed by atoms with Gasteiger partial charge in [0.05, 0.1) is 33.0 Å². The Hall–Kier alpha value is -1.04. The van der Waals surface area contributed by atoms with Crippen molar-refractivity contribution in [1.82, 2.24) is 0 Å². The van der Waals surface area contributed by atoms with E-state index in [0.717, 1.165) is 0 Å². The molecule has 26 nitrogen and oxygen atoms in total. The molecule has 0 aromatic heterocycles. The first-order chi connectivity index (χ1) is 26.5. The van der Waals surface area contributed by atoms with Gasteiger partial charge in [-0.3, -0.25) is 0 Å². The van der Waals surface area contributed by atoms with E-state index in [4.69, 9.17) is 42.6 Å². The first kappa shape index (κ1) is 46.0. The van der Waals surface area contributed by atoms with Crippen molar-refractivity contribution < 1.29 is 129 Å². The first-order valence-corrected chi connectivity index (χ1v) is 17.6. The largest absolute Gasteiger partial charge is 0.394 e. The molecule has 0 saturated carbocycles. The number of aliphatic hydroxyl groups is 17. The number of hydrogen-bond acceptors (Lipinski definition) is 26. The van der Waals surface area contributed by atoms with E-state index in [0.29, 0.717) is 0 Å². The van der Waals surface area contributed by atoms with E-state index >= 15 is 0 Å². The zero-order chi connectivity index (χ0) is 41.3. The number of rotatable bonds is 13. The molecule has 0 amide bonds. The highest BCUT2D eigenvalue weighted by Gasteiger charge is 2.56. The van der Waals surface area contributed by atoms with Crippen molar-refractivity contribution in [2.45, 2.75) is 154 Å². The summed E-state index contributed by atoms with van der Waals surface area (Å²) in [5, 5.41) is 176. The normalized spacial score (nSPS) is 53.2. The number of ether oxygens (including phenoxy) is 9. The van der Waals surface area contributed by atoms with Crippen LogP contribution in [0, 0.1) is 0 Å². The molecule has 26 heteroatoms. The maximum Gasteiger partial charge on any atom is 0.187 e. The molecule has 5 aliphatic rings. The van der Waals surface area contributed by atoms with Gasteiger partial charge in [-0.05, 0) is 0 Å². The topological polar surface area (TPSA) is 427 Å². The van der Waals surface area contributed by atoms with E-state index < -0.39 is 187 Å². The molecule has 56 heavy (non-hydrogen) atoms. The average Bonchev–Trinajstić information content (AvgIpc) is 3.19. The fraction of sp³-hybridized carbons (Fsp3) is 1.00. The summed E-state index contributed by atoms with van der Waals surface area (Å²) in [6.45, 7) is -4.59. The molecule has 0 aromatic carbocycles. The molecule has 0 unspecified atom stereocenters. The van der Waals surface area contributed by atoms with E-state index in [1.807, 2.05) is 0 Å². The van der Waals surface area contributed by atoms with Crippen molar-refractivity contribution in [3.63, 3.8) is 0 Å². The molecule has 5 heterocycles. The van der Waals surface area contributed by atoms with Gasteiger partial charge in [0.1, 0.15) is 122 Å². The predicted molar refractivity (Wildman–Crippen MR) is 167 cm³/mol. The highest BCUT2D eigenvalue weighted by Crippen LogP contribution is 2.35. The van der Waals surface area contributed by atoms with Crippen molar-refractivity contribution in [2.24, 2.45) is 0 Å². The lowest BCUT2D eigenvalue weighted by Gasteiger charge is -2.49. The Bertz CT molecular complexity index is 1200. The quantitative estimate of drug-likeness (QED) is 0.0819. The number of aliphatic hydroxyl groups excluding tert-OH is 17. The molecule has 0 aromatic rings. The second-order valence-electron chi connectivity index (χ2n) is 13.9. The van der Waals surface area contributed by atoms with Crippen LogP contribution in [0.1, 0.15) is 0 Å². The third-order valence-electron chi connectivity index (χ3n) is 10.3. The van der Waals surface area contributed by atoms with Gasteiger partial charge in [-0.2, -0.15) is 0 Å². The SMILES string of the molecule is OC[C@@H]1O[C@H](O[C@@H]2[C@@H](O[C@H]3[C@H](O)[C@@H](O)[C@H](O[C@H]4[C@H](O)[C@@H](O[C@H]5[C@H](O)[C@@H](O)[C@H](O)O[C@@H]5CO)O[C@@H](CO)[C@@H]4O)O[C@@H]3CO)O[C@@H](CO)[C@H](O)[C@H]2O)[C@@H](O)[C@H](O)[C@H]1O. The van der Waals surface area contributed by atoms with Crippen LogP contribution in [-0.4, -0.2) is 273 Å². The summed E-state index contributed by atoms with van der Waals surface area (Å²) in [4.78, 5) is 0. The van der Waals surface area contributed by atoms with E-state index in [1.165, 1.54) is 0 Å². The summed E-state index contributed by atoms with van der Waals surface area (Å²) >= 11 is 0. The minimum Gasteiger partial charge on any atom is -0.394 e. The molecule has 5 aliphatic heterocycles. The Balaban J connectivity index is 1.32. The van der Waals surface area contributed by atoms with Crippen LogP contribution in [0.15, 0.2) is 0 Å². The Kier molecular flexibility index (Phi) is 16.1. The van der Waals surface area contributed by atoms with Crippen LogP contribution in [0.25, 0.3) is 0 Å². The molecule has 5 saturated heterocycles. The average molecular weight is 829 g/mol. The third kappa shape index (κ3) is 9.16. The van der Waals surface area contributed by atoms with Crippen molar-refractivity contribution in [3.8, 4) is 0 Å². The summed E-state index contributed by atoms with van der Waals surface area (Å²) in [5.74, 6) is 0. The third-order valence-corrected chi connectivity index (χ3v) is 10.3. The van der Waals surface area contributed by atoms with Crippen LogP contribution in [-0.2, 0) is 42.6 Å². The molecule has 25 atom stereocenters. The van der Waals surface area contributed by atoms with E-state index in [1.54, 1.807) is 0 Å². The lowest BCUT2D eigenvalue weighted by Crippen LogP contribution is -2.68. The molecule has 0 radical (unpaired) electrons. The zero-order valence-corrected chi connectivity index (χ0v) is 29.2. The second-order valence-corrected chi connectivity index (χ2v) is 13.9. The van der Waals surface area contributed by atoms with Gasteiger partial charge in [0.25, 0.3) is 0 Å². The molecular formula is C30H52O26. The first-order valence-electron chi connectivity index (χ1n) is 17.6. The smallest absolute Gasteiger partial charge is 0.187 e. The van der Waals surface area contributed by atoms with Gasteiger partial charge in [-0.25, -0.2) is 0 Å². The van der Waals surface area contributed by atoms with E-state index in [2.05, 4.69) is 0 Å². The lowest BCUT2D eigenvalue weighted by molar-refractivity contribution is -0.398. The van der Waals surface area contributed by atoms with Crippen LogP contribution >= 0.6 is 0 Å². The maximum absolute atomic E-state index is 11.2. The monoisotopic (exact) mass is 828 g/mol. The van der Waals surface area contributed by atoms with Crippen molar-refractivity contribution in [3.05, 3.63) is 0 Å². The fourth-order valence-electron chi connectivity index (χ4n) is 7.00. The van der Waals surface area contributed by atoms with Gasteiger partial charge in [-0.1, -0.05) is 0 Å². The molecule has 5 fully saturated rings. The van der Waals surface area contributed by atoms with Gasteiger partial charge in [0.2, 0.25) is 0 Å². The second kappa shape index (κ2) is 19.6. The standard InChI is InChI=1S/C30H52O26/c31-1-6-11(36)14(39)19(44)27(49-6)56-25-15(40)12(37)7(2-32)51-30(25)54-23-10(5-35)52-28(20(45)17(23)42)55-24-13(38)8(3-33)50-29(21(24)46)53-22-9(4-34)48-26(47)18(43)16(22)41/h6-47H,1-5H2/t6-,7-,8-,9+,10+,11-,12-,13-,14+,15+,16+,17+,18+,19-,20+,21-,22+,23+,24+,25-,26+,27+,28-,29+,30+/m0/s1. The van der Waals surface area contributed by atoms with E-state index in [9.17, 15) is 86.8 Å². The van der Waals surface area contributed by atoms with Gasteiger partial charge in [0, 0.05) is 0 Å². The lowest BCUT2D eigenvalue weighted by atomic mass is 9.95. The van der Waals surface area contributed by atoms with Gasteiger partial charge < -0.3 is 129 Å². The van der Waals surface area contributed by atoms with Gasteiger partial charge in [-0.15, -0.1) is 0 Å². The molecule has 0 aliphatic carbocycles. The Morgan fingerprint density at radius 2 is 0.607 bits per heavy atom. The van der Waals surface area contributed by atoms with E-state index in [-0.39, 0.29) is 0 Å². The molecule has 17 N–H and O–H groups in total. The fourth-order valence-corrected chi connectivity index (χ4v) is 7.00. The summed E-state index contributed by atoms with van der Waals surface area (Å²) in [6.07, 6.45) is -46.8. The predicted octanol–water partition coefficient (Wildman–Crippen LogP) is -11.9. The molecule has 0 spiro atoms. The highest BCUT2D eigenvalue weighted by molar-refractivity contribution is 4.99. The van der Waals surface area contributed by atoms with Gasteiger partial charge >= 0.3 is 0 Å². The van der Waals surface area contributed by atoms with Crippen molar-refractivity contribution in [2.75, 3.05) is 33.0 Å². The summed E-state index contributed by atoms with van der Waals surface area (Å²) in [7, 11) is 0. The minimum atomic E-state index is -2.18. The minimum absolute atomic E-state index is 0.858. The summed E-state index contributed by atoms with van der Waals surface area (Å²) < 4.78 is 49.5.